The molecule has 0 N–H and O–H groups in total. The molecule has 0 aliphatic carbocycles. The van der Waals surface area contributed by atoms with Gasteiger partial charge in [-0.1, -0.05) is 12.1 Å². The van der Waals surface area contributed by atoms with E-state index in [1.807, 2.05) is 0 Å². The fourth-order valence-corrected chi connectivity index (χ4v) is 3.00. The van der Waals surface area contributed by atoms with Crippen molar-refractivity contribution in [3.8, 4) is 5.69 Å². The molecule has 146 valence electrons. The molecule has 0 amide bonds. The Balaban J connectivity index is 0.00000261. The van der Waals surface area contributed by atoms with Gasteiger partial charge in [0, 0.05) is 6.92 Å². The standard InChI is InChI=1S/C18H15F6N2.ClH/c1-12-25(11-10-17(19,20)21)15-4-2-3-5-16(15)26(12)14-8-6-13(7-9-14)18(22,23)24;/h2-9H,10-11H2,1H3;1H/q+1;/p-1. The number of hydrogen-bond donors (Lipinski definition) is 0. The topological polar surface area (TPSA) is 8.81 Å². The van der Waals surface area contributed by atoms with E-state index >= 15 is 0 Å². The number of rotatable bonds is 3. The molecule has 1 heterocycles. The van der Waals surface area contributed by atoms with E-state index in [9.17, 15) is 26.3 Å². The zero-order chi connectivity index (χ0) is 19.1. The molecule has 0 aliphatic rings. The van der Waals surface area contributed by atoms with Gasteiger partial charge in [-0.2, -0.15) is 30.9 Å². The van der Waals surface area contributed by atoms with E-state index < -0.39 is 24.3 Å². The highest BCUT2D eigenvalue weighted by Gasteiger charge is 2.32. The summed E-state index contributed by atoms with van der Waals surface area (Å²) in [5.41, 5.74) is 0.902. The molecule has 0 atom stereocenters. The number of hydrogen-bond acceptors (Lipinski definition) is 0. The summed E-state index contributed by atoms with van der Waals surface area (Å²) in [5.74, 6) is 0.509. The van der Waals surface area contributed by atoms with Gasteiger partial charge >= 0.3 is 12.4 Å². The first-order valence-corrected chi connectivity index (χ1v) is 7.82. The number of nitrogens with zero attached hydrogens (tertiary/aromatic N) is 2. The number of para-hydroxylation sites is 2. The fourth-order valence-electron chi connectivity index (χ4n) is 3.00. The van der Waals surface area contributed by atoms with E-state index in [2.05, 4.69) is 0 Å². The second-order valence-electron chi connectivity index (χ2n) is 5.93. The van der Waals surface area contributed by atoms with Crippen molar-refractivity contribution in [1.82, 2.24) is 4.57 Å². The van der Waals surface area contributed by atoms with Gasteiger partial charge in [0.15, 0.2) is 11.0 Å². The first-order valence-electron chi connectivity index (χ1n) is 7.82. The minimum atomic E-state index is -4.45. The van der Waals surface area contributed by atoms with Crippen molar-refractivity contribution in [2.75, 3.05) is 0 Å². The first-order chi connectivity index (χ1) is 12.1. The quantitative estimate of drug-likeness (QED) is 0.464. The Labute approximate surface area is 157 Å². The average molecular weight is 409 g/mol. The van der Waals surface area contributed by atoms with Crippen molar-refractivity contribution >= 4 is 11.0 Å². The molecule has 2 nitrogen and oxygen atoms in total. The Kier molecular flexibility index (Phi) is 5.79. The average Bonchev–Trinajstić information content (AvgIpc) is 2.83. The van der Waals surface area contributed by atoms with Crippen LogP contribution in [-0.2, 0) is 12.7 Å². The lowest BCUT2D eigenvalue weighted by Gasteiger charge is -2.07. The largest absolute Gasteiger partial charge is 1.00 e. The molecule has 27 heavy (non-hydrogen) atoms. The van der Waals surface area contributed by atoms with Gasteiger partial charge in [-0.3, -0.25) is 0 Å². The lowest BCUT2D eigenvalue weighted by molar-refractivity contribution is -0.681. The monoisotopic (exact) mass is 408 g/mol. The van der Waals surface area contributed by atoms with Gasteiger partial charge in [-0.15, -0.1) is 0 Å². The fraction of sp³-hybridized carbons (Fsp3) is 0.278. The van der Waals surface area contributed by atoms with Gasteiger partial charge in [0.1, 0.15) is 5.69 Å². The van der Waals surface area contributed by atoms with Crippen LogP contribution in [0.15, 0.2) is 48.5 Å². The molecule has 2 aromatic carbocycles. The van der Waals surface area contributed by atoms with E-state index in [-0.39, 0.29) is 19.0 Å². The molecule has 1 aromatic heterocycles. The zero-order valence-corrected chi connectivity index (χ0v) is 14.8. The molecular weight excluding hydrogens is 394 g/mol. The molecule has 0 aliphatic heterocycles. The van der Waals surface area contributed by atoms with Gasteiger partial charge in [-0.25, -0.2) is 4.57 Å². The number of imidazole rings is 1. The predicted octanol–water partition coefficient (Wildman–Crippen LogP) is 2.20. The maximum absolute atomic E-state index is 12.8. The molecule has 0 saturated heterocycles. The van der Waals surface area contributed by atoms with Crippen molar-refractivity contribution in [3.05, 3.63) is 59.9 Å². The van der Waals surface area contributed by atoms with Gasteiger partial charge in [-0.05, 0) is 36.4 Å². The van der Waals surface area contributed by atoms with Crippen molar-refractivity contribution in [1.29, 1.82) is 0 Å². The number of halogens is 7. The summed E-state index contributed by atoms with van der Waals surface area (Å²) in [6.45, 7) is 1.39. The highest BCUT2D eigenvalue weighted by molar-refractivity contribution is 5.74. The van der Waals surface area contributed by atoms with Crippen LogP contribution in [0.25, 0.3) is 16.7 Å². The lowest BCUT2D eigenvalue weighted by atomic mass is 10.2. The zero-order valence-electron chi connectivity index (χ0n) is 14.1. The summed E-state index contributed by atoms with van der Waals surface area (Å²) in [6, 6.07) is 11.4. The van der Waals surface area contributed by atoms with Crippen LogP contribution in [0.3, 0.4) is 0 Å². The molecular formula is C18H15ClF6N2. The summed E-state index contributed by atoms with van der Waals surface area (Å²) >= 11 is 0. The molecule has 0 fully saturated rings. The van der Waals surface area contributed by atoms with Crippen LogP contribution in [-0.4, -0.2) is 10.7 Å². The molecule has 0 bridgehead atoms. The van der Waals surface area contributed by atoms with Crippen LogP contribution in [0, 0.1) is 6.92 Å². The van der Waals surface area contributed by atoms with E-state index in [4.69, 9.17) is 0 Å². The van der Waals surface area contributed by atoms with Gasteiger partial charge < -0.3 is 12.4 Å². The summed E-state index contributed by atoms with van der Waals surface area (Å²) in [6.07, 6.45) is -9.73. The summed E-state index contributed by atoms with van der Waals surface area (Å²) in [4.78, 5) is 0. The number of alkyl halides is 6. The van der Waals surface area contributed by atoms with Gasteiger partial charge in [0.05, 0.1) is 18.5 Å². The number of aromatic nitrogens is 2. The Morgan fingerprint density at radius 3 is 2.04 bits per heavy atom. The maximum atomic E-state index is 12.8. The Hall–Kier alpha value is -2.22. The third kappa shape index (κ3) is 4.37. The number of benzene rings is 2. The number of fused-ring (bicyclic) bond motifs is 1. The molecule has 3 aromatic rings. The van der Waals surface area contributed by atoms with E-state index in [0.717, 1.165) is 12.1 Å². The SMILES string of the molecule is Cc1n(-c2ccc(C(F)(F)F)cc2)c2ccccc2[n+]1CCC(F)(F)F.[Cl-]. The highest BCUT2D eigenvalue weighted by Crippen LogP contribution is 2.30. The second-order valence-corrected chi connectivity index (χ2v) is 5.93. The minimum absolute atomic E-state index is 0. The Morgan fingerprint density at radius 2 is 1.48 bits per heavy atom. The van der Waals surface area contributed by atoms with Gasteiger partial charge in [0.25, 0.3) is 5.82 Å². The Bertz CT molecular complexity index is 926. The lowest BCUT2D eigenvalue weighted by Crippen LogP contribution is -3.00. The van der Waals surface area contributed by atoms with E-state index in [0.29, 0.717) is 22.5 Å². The van der Waals surface area contributed by atoms with E-state index in [1.54, 1.807) is 35.8 Å². The summed E-state index contributed by atoms with van der Waals surface area (Å²) in [5, 5.41) is 0. The molecule has 0 radical (unpaired) electrons. The minimum Gasteiger partial charge on any atom is -1.00 e. The number of aryl methyl sites for hydroxylation is 1. The molecule has 3 rings (SSSR count). The van der Waals surface area contributed by atoms with Crippen molar-refractivity contribution in [2.24, 2.45) is 0 Å². The Morgan fingerprint density at radius 1 is 0.889 bits per heavy atom. The van der Waals surface area contributed by atoms with Crippen LogP contribution in [0.1, 0.15) is 17.8 Å². The molecule has 0 unspecified atom stereocenters. The molecule has 0 saturated carbocycles. The third-order valence-electron chi connectivity index (χ3n) is 4.20. The van der Waals surface area contributed by atoms with Crippen molar-refractivity contribution < 1.29 is 43.3 Å². The normalized spacial score (nSPS) is 12.3. The second kappa shape index (κ2) is 7.42. The van der Waals surface area contributed by atoms with Crippen LogP contribution < -0.4 is 17.0 Å². The van der Waals surface area contributed by atoms with Crippen molar-refractivity contribution in [3.63, 3.8) is 0 Å². The van der Waals surface area contributed by atoms with E-state index in [1.165, 1.54) is 16.7 Å². The van der Waals surface area contributed by atoms with Gasteiger partial charge in [0.2, 0.25) is 0 Å². The van der Waals surface area contributed by atoms with Crippen molar-refractivity contribution in [2.45, 2.75) is 32.2 Å². The van der Waals surface area contributed by atoms with Crippen LogP contribution in [0.2, 0.25) is 0 Å². The molecule has 0 spiro atoms. The third-order valence-corrected chi connectivity index (χ3v) is 4.20. The summed E-state index contributed by atoms with van der Waals surface area (Å²) in [7, 11) is 0. The predicted molar refractivity (Wildman–Crippen MR) is 83.9 cm³/mol. The van der Waals surface area contributed by atoms with Crippen LogP contribution in [0.5, 0.6) is 0 Å². The van der Waals surface area contributed by atoms with Crippen LogP contribution >= 0.6 is 0 Å². The van der Waals surface area contributed by atoms with Crippen LogP contribution in [0.4, 0.5) is 26.3 Å². The highest BCUT2D eigenvalue weighted by atomic mass is 35.5. The maximum Gasteiger partial charge on any atom is 0.416 e. The first kappa shape index (κ1) is 21.1. The smallest absolute Gasteiger partial charge is 0.416 e. The summed E-state index contributed by atoms with van der Waals surface area (Å²) < 4.78 is 79.3. The molecule has 9 heteroatoms.